The van der Waals surface area contributed by atoms with Gasteiger partial charge < -0.3 is 10.5 Å². The third-order valence-corrected chi connectivity index (χ3v) is 3.34. The molecule has 0 aliphatic rings. The maximum atomic E-state index is 11.2. The predicted octanol–water partition coefficient (Wildman–Crippen LogP) is 2.11. The molecule has 2 N–H and O–H groups in total. The maximum Gasteiger partial charge on any atom is 0.342 e. The van der Waals surface area contributed by atoms with Crippen LogP contribution in [-0.2, 0) is 4.74 Å². The fraction of sp³-hybridized carbons (Fsp3) is 0.286. The van der Waals surface area contributed by atoms with Crippen molar-refractivity contribution in [2.45, 2.75) is 6.92 Å². The molecule has 1 heterocycles. The van der Waals surface area contributed by atoms with Gasteiger partial charge in [-0.3, -0.25) is 0 Å². The zero-order chi connectivity index (χ0) is 9.14. The molecule has 0 fully saturated rings. The van der Waals surface area contributed by atoms with E-state index in [1.807, 2.05) is 5.38 Å². The Morgan fingerprint density at radius 3 is 2.92 bits per heavy atom. The van der Waals surface area contributed by atoms with Gasteiger partial charge in [0.15, 0.2) is 0 Å². The lowest BCUT2D eigenvalue weighted by Gasteiger charge is -2.00. The average Bonchev–Trinajstić information content (AvgIpc) is 2.32. The second-order valence-electron chi connectivity index (χ2n) is 2.04. The van der Waals surface area contributed by atoms with E-state index in [4.69, 9.17) is 10.5 Å². The number of hydrogen-bond donors (Lipinski definition) is 1. The summed E-state index contributed by atoms with van der Waals surface area (Å²) < 4.78 is 5.69. The number of carbonyl (C=O) groups is 1. The Labute approximate surface area is 88.0 Å². The summed E-state index contributed by atoms with van der Waals surface area (Å²) in [6.07, 6.45) is 0. The normalized spacial score (nSPS) is 9.83. The molecule has 3 nitrogen and oxygen atoms in total. The summed E-state index contributed by atoms with van der Waals surface area (Å²) in [5.41, 5.74) is 6.09. The van der Waals surface area contributed by atoms with Crippen molar-refractivity contribution in [3.05, 3.63) is 14.5 Å². The molecule has 0 bridgehead atoms. The van der Waals surface area contributed by atoms with Gasteiger partial charge in [-0.05, 0) is 29.5 Å². The fourth-order valence-electron chi connectivity index (χ4n) is 0.752. The largest absolute Gasteiger partial charge is 0.462 e. The molecule has 0 unspecified atom stereocenters. The van der Waals surface area contributed by atoms with Crippen LogP contribution < -0.4 is 5.73 Å². The summed E-state index contributed by atoms with van der Waals surface area (Å²) in [6, 6.07) is 0. The van der Waals surface area contributed by atoms with E-state index < -0.39 is 0 Å². The highest BCUT2D eigenvalue weighted by molar-refractivity contribution is 14.1. The summed E-state index contributed by atoms with van der Waals surface area (Å²) in [7, 11) is 0. The summed E-state index contributed by atoms with van der Waals surface area (Å²) in [4.78, 5) is 11.2. The monoisotopic (exact) mass is 297 g/mol. The lowest BCUT2D eigenvalue weighted by Crippen LogP contribution is -2.07. The molecular weight excluding hydrogens is 289 g/mol. The van der Waals surface area contributed by atoms with Crippen LogP contribution in [0.5, 0.6) is 0 Å². The molecule has 0 aromatic carbocycles. The Balaban J connectivity index is 2.93. The number of hydrogen-bond acceptors (Lipinski definition) is 4. The first-order valence-electron chi connectivity index (χ1n) is 3.36. The van der Waals surface area contributed by atoms with Crippen LogP contribution in [0.2, 0.25) is 0 Å². The molecule has 12 heavy (non-hydrogen) atoms. The number of nitrogens with two attached hydrogens (primary N) is 1. The molecule has 0 spiro atoms. The number of nitrogen functional groups attached to an aromatic ring is 1. The molecule has 1 aromatic rings. The zero-order valence-corrected chi connectivity index (χ0v) is 9.44. The van der Waals surface area contributed by atoms with E-state index in [1.54, 1.807) is 6.92 Å². The highest BCUT2D eigenvalue weighted by Gasteiger charge is 2.16. The third-order valence-electron chi connectivity index (χ3n) is 1.25. The molecule has 0 aliphatic heterocycles. The summed E-state index contributed by atoms with van der Waals surface area (Å²) in [6.45, 7) is 2.15. The topological polar surface area (TPSA) is 52.3 Å². The van der Waals surface area contributed by atoms with Crippen LogP contribution in [0.15, 0.2) is 5.38 Å². The number of carbonyl (C=O) groups excluding carboxylic acids is 1. The molecule has 66 valence electrons. The molecule has 0 saturated carbocycles. The van der Waals surface area contributed by atoms with Crippen LogP contribution in [0.25, 0.3) is 0 Å². The van der Waals surface area contributed by atoms with Gasteiger partial charge in [0, 0.05) is 8.95 Å². The fourth-order valence-corrected chi connectivity index (χ4v) is 2.49. The van der Waals surface area contributed by atoms with E-state index in [0.29, 0.717) is 17.2 Å². The number of anilines is 1. The minimum atomic E-state index is -0.333. The lowest BCUT2D eigenvalue weighted by atomic mass is 10.3. The van der Waals surface area contributed by atoms with E-state index >= 15 is 0 Å². The molecule has 0 saturated heterocycles. The number of rotatable bonds is 2. The van der Waals surface area contributed by atoms with Gasteiger partial charge in [0.2, 0.25) is 0 Å². The summed E-state index contributed by atoms with van der Waals surface area (Å²) >= 11 is 3.42. The maximum absolute atomic E-state index is 11.2. The van der Waals surface area contributed by atoms with Crippen molar-refractivity contribution < 1.29 is 9.53 Å². The van der Waals surface area contributed by atoms with Gasteiger partial charge in [-0.15, -0.1) is 11.3 Å². The van der Waals surface area contributed by atoms with Gasteiger partial charge in [0.05, 0.1) is 6.61 Å². The second kappa shape index (κ2) is 4.08. The van der Waals surface area contributed by atoms with Crippen molar-refractivity contribution in [2.75, 3.05) is 12.3 Å². The van der Waals surface area contributed by atoms with Crippen molar-refractivity contribution in [2.24, 2.45) is 0 Å². The highest BCUT2D eigenvalue weighted by Crippen LogP contribution is 2.26. The molecule has 0 aliphatic carbocycles. The molecule has 0 amide bonds. The van der Waals surface area contributed by atoms with Crippen LogP contribution in [0.1, 0.15) is 17.3 Å². The molecule has 0 atom stereocenters. The minimum Gasteiger partial charge on any atom is -0.462 e. The van der Waals surface area contributed by atoms with Gasteiger partial charge in [-0.1, -0.05) is 0 Å². The van der Waals surface area contributed by atoms with Gasteiger partial charge in [-0.25, -0.2) is 4.79 Å². The van der Waals surface area contributed by atoms with Gasteiger partial charge in [0.1, 0.15) is 10.6 Å². The SMILES string of the molecule is CCOC(=O)c1c(I)csc1N. The van der Waals surface area contributed by atoms with Gasteiger partial charge in [0.25, 0.3) is 0 Å². The van der Waals surface area contributed by atoms with Crippen LogP contribution in [0, 0.1) is 3.57 Å². The summed E-state index contributed by atoms with van der Waals surface area (Å²) in [5, 5.41) is 2.36. The van der Waals surface area contributed by atoms with Gasteiger partial charge >= 0.3 is 5.97 Å². The Kier molecular flexibility index (Phi) is 3.33. The van der Waals surface area contributed by atoms with Crippen LogP contribution in [-0.4, -0.2) is 12.6 Å². The second-order valence-corrected chi connectivity index (χ2v) is 4.12. The molecule has 1 aromatic heterocycles. The van der Waals surface area contributed by atoms with Crippen LogP contribution in [0.4, 0.5) is 5.00 Å². The van der Waals surface area contributed by atoms with E-state index in [2.05, 4.69) is 22.6 Å². The van der Waals surface area contributed by atoms with Crippen molar-refractivity contribution in [3.8, 4) is 0 Å². The minimum absolute atomic E-state index is 0.333. The number of esters is 1. The predicted molar refractivity (Wildman–Crippen MR) is 57.4 cm³/mol. The van der Waals surface area contributed by atoms with Crippen molar-refractivity contribution in [1.82, 2.24) is 0 Å². The smallest absolute Gasteiger partial charge is 0.342 e. The zero-order valence-electron chi connectivity index (χ0n) is 6.46. The lowest BCUT2D eigenvalue weighted by molar-refractivity contribution is 0.0527. The van der Waals surface area contributed by atoms with E-state index in [9.17, 15) is 4.79 Å². The molecular formula is C7H8INO2S. The highest BCUT2D eigenvalue weighted by atomic mass is 127. The standard InChI is InChI=1S/C7H8INO2S/c1-2-11-7(10)5-4(8)3-12-6(5)9/h3H,2,9H2,1H3. The van der Waals surface area contributed by atoms with Crippen molar-refractivity contribution in [3.63, 3.8) is 0 Å². The average molecular weight is 297 g/mol. The number of halogens is 1. The summed E-state index contributed by atoms with van der Waals surface area (Å²) in [5.74, 6) is -0.333. The first kappa shape index (κ1) is 9.79. The van der Waals surface area contributed by atoms with Crippen LogP contribution in [0.3, 0.4) is 0 Å². The van der Waals surface area contributed by atoms with E-state index in [0.717, 1.165) is 3.57 Å². The Bertz CT molecular complexity index is 278. The molecule has 0 radical (unpaired) electrons. The number of thiophene rings is 1. The van der Waals surface area contributed by atoms with Crippen molar-refractivity contribution >= 4 is 44.9 Å². The Morgan fingerprint density at radius 1 is 1.83 bits per heavy atom. The first-order chi connectivity index (χ1) is 5.66. The third kappa shape index (κ3) is 1.89. The Morgan fingerprint density at radius 2 is 2.50 bits per heavy atom. The van der Waals surface area contributed by atoms with E-state index in [1.165, 1.54) is 11.3 Å². The first-order valence-corrected chi connectivity index (χ1v) is 5.32. The molecule has 5 heteroatoms. The number of ether oxygens (including phenoxy) is 1. The molecule has 1 rings (SSSR count). The van der Waals surface area contributed by atoms with E-state index in [-0.39, 0.29) is 5.97 Å². The van der Waals surface area contributed by atoms with Crippen LogP contribution >= 0.6 is 33.9 Å². The van der Waals surface area contributed by atoms with Crippen molar-refractivity contribution in [1.29, 1.82) is 0 Å². The quantitative estimate of drug-likeness (QED) is 0.672. The van der Waals surface area contributed by atoms with Gasteiger partial charge in [-0.2, -0.15) is 0 Å². The Hall–Kier alpha value is -0.300.